The van der Waals surface area contributed by atoms with Crippen LogP contribution in [0.4, 0.5) is 0 Å². The Morgan fingerprint density at radius 3 is 0.0149 bits per heavy atom. The summed E-state index contributed by atoms with van der Waals surface area (Å²) < 4.78 is 0. The first kappa shape index (κ1) is 766. The van der Waals surface area contributed by atoms with Crippen molar-refractivity contribution in [3.8, 4) is 0 Å². The molecule has 67 radical (unpaired) electrons. The van der Waals surface area contributed by atoms with Gasteiger partial charge < -0.3 is 0 Å². The van der Waals surface area contributed by atoms with Crippen molar-refractivity contribution in [3.05, 3.63) is 0 Å². The minimum atomic E-state index is 0. The molecule has 0 saturated carbocycles. The Morgan fingerprint density at radius 1 is 0.0149 bits per heavy atom. The molecule has 0 aromatic heterocycles. The van der Waals surface area contributed by atoms with E-state index in [2.05, 4.69) is 0 Å². The van der Waals surface area contributed by atoms with Gasteiger partial charge in [-0.3, -0.25) is 0 Å². The fourth-order valence-electron chi connectivity index (χ4n) is 0. The van der Waals surface area contributed by atoms with Crippen LogP contribution in [0.1, 0.15) is 0 Å². The van der Waals surface area contributed by atoms with E-state index in [9.17, 15) is 0 Å². The third-order valence-electron chi connectivity index (χ3n) is 0. The predicted octanol–water partition coefficient (Wildman–Crippen LogP) is -0.168. The molecule has 67 heavy (non-hydrogen) atoms. The van der Waals surface area contributed by atoms with Crippen molar-refractivity contribution in [1.82, 2.24) is 0 Å². The quantitative estimate of drug-likeness (QED) is 0.317. The van der Waals surface area contributed by atoms with Crippen LogP contribution >= 0.6 is 0 Å². The zero-order valence-electron chi connectivity index (χ0n) is 30.0. The molecule has 335 valence electrons. The SMILES string of the molecule is [V].[V].[V].[V].[V].[V].[V].[V].[V].[V].[V].[V].[V].[V].[V].[V].[V].[V].[V].[V].[V].[V].[V].[V].[V].[V].[V].[V].[V].[V].[V].[V].[V].[V].[V].[V].[V].[V].[V].[V].[V].[V].[V].[V].[V].[V].[V].[V].[V].[V].[V].[V].[V].[V].[V].[V].[V].[V].[V].[V].[V].[V].[V].[V].[V].[V].[V]. The van der Waals surface area contributed by atoms with Crippen LogP contribution in [0.5, 0.6) is 0 Å². The first-order valence-corrected chi connectivity index (χ1v) is 0. The summed E-state index contributed by atoms with van der Waals surface area (Å²) in [4.78, 5) is 0. The fraction of sp³-hybridized carbons (Fsp3) is 0. The maximum Gasteiger partial charge on any atom is 0 e. The molecule has 0 aliphatic rings. The maximum atomic E-state index is 0. The Hall–Kier alpha value is 39.2. The van der Waals surface area contributed by atoms with Crippen molar-refractivity contribution < 1.29 is 1240 Å². The molecule has 0 unspecified atom stereocenters. The Morgan fingerprint density at radius 2 is 0.0149 bits per heavy atom. The molecule has 0 fully saturated rings. The molecule has 0 heterocycles. The molecule has 67 heteroatoms. The van der Waals surface area contributed by atoms with Crippen molar-refractivity contribution in [2.75, 3.05) is 0 Å². The van der Waals surface area contributed by atoms with Gasteiger partial charge in [0.2, 0.25) is 0 Å². The van der Waals surface area contributed by atoms with Crippen molar-refractivity contribution in [2.45, 2.75) is 0 Å². The third-order valence-corrected chi connectivity index (χ3v) is 0. The first-order valence-electron chi connectivity index (χ1n) is 0. The summed E-state index contributed by atoms with van der Waals surface area (Å²) in [5.41, 5.74) is 0. The van der Waals surface area contributed by atoms with Crippen LogP contribution in [0.15, 0.2) is 0 Å². The molecule has 0 N–H and O–H groups in total. The van der Waals surface area contributed by atoms with Crippen LogP contribution in [0.2, 0.25) is 0 Å². The zero-order valence-corrected chi connectivity index (χ0v) is 124. The Kier molecular flexibility index (Phi) is 8500. The minimum Gasteiger partial charge on any atom is 0 e. The average Bonchev–Trinajstić information content (AvgIpc) is 0. The largest absolute Gasteiger partial charge is 0 e. The molecule has 0 rings (SSSR count). The predicted molar refractivity (Wildman–Crippen MR) is 0 cm³/mol. The minimum absolute atomic E-state index is 0. The van der Waals surface area contributed by atoms with Gasteiger partial charge in [0.1, 0.15) is 0 Å². The van der Waals surface area contributed by atoms with Gasteiger partial charge in [-0.25, -0.2) is 0 Å². The fourth-order valence-corrected chi connectivity index (χ4v) is 0. The molecular formula is V67. The summed E-state index contributed by atoms with van der Waals surface area (Å²) in [5.74, 6) is 0. The second-order valence-corrected chi connectivity index (χ2v) is 0. The third kappa shape index (κ3) is 730. The van der Waals surface area contributed by atoms with E-state index in [1.807, 2.05) is 0 Å². The van der Waals surface area contributed by atoms with Gasteiger partial charge in [0.15, 0.2) is 0 Å². The van der Waals surface area contributed by atoms with Gasteiger partial charge in [0.05, 0.1) is 0 Å². The zero-order chi connectivity index (χ0) is 0. The summed E-state index contributed by atoms with van der Waals surface area (Å²) >= 11 is 0. The summed E-state index contributed by atoms with van der Waals surface area (Å²) in [6, 6.07) is 0. The maximum absolute atomic E-state index is 0. The van der Waals surface area contributed by atoms with E-state index < -0.39 is 0 Å². The van der Waals surface area contributed by atoms with Gasteiger partial charge in [-0.05, 0) is 0 Å². The second-order valence-electron chi connectivity index (χ2n) is 0. The van der Waals surface area contributed by atoms with Gasteiger partial charge in [-0.15, -0.1) is 0 Å². The van der Waals surface area contributed by atoms with Crippen molar-refractivity contribution in [3.63, 3.8) is 0 Å². The summed E-state index contributed by atoms with van der Waals surface area (Å²) in [6.07, 6.45) is 0. The molecule has 0 atom stereocenters. The van der Waals surface area contributed by atoms with E-state index in [1.54, 1.807) is 0 Å². The number of hydrogen-bond acceptors (Lipinski definition) is 0. The topological polar surface area (TPSA) is 0 Å². The standard InChI is InChI=1S/67V. The van der Waals surface area contributed by atoms with E-state index >= 15 is 0 Å². The van der Waals surface area contributed by atoms with Gasteiger partial charge in [-0.1, -0.05) is 0 Å². The normalized spacial score (nSPS) is 0. The van der Waals surface area contributed by atoms with E-state index in [1.165, 1.54) is 0 Å². The first-order chi connectivity index (χ1) is 0. The van der Waals surface area contributed by atoms with Crippen LogP contribution in [0.3, 0.4) is 0 Å². The Labute approximate surface area is 1210 Å². The summed E-state index contributed by atoms with van der Waals surface area (Å²) in [7, 11) is 0. The molecule has 0 aromatic carbocycles. The van der Waals surface area contributed by atoms with Crippen molar-refractivity contribution in [2.24, 2.45) is 0 Å². The van der Waals surface area contributed by atoms with E-state index in [0.717, 1.165) is 0 Å². The van der Waals surface area contributed by atoms with Crippen molar-refractivity contribution in [1.29, 1.82) is 0 Å². The Balaban J connectivity index is 0. The van der Waals surface area contributed by atoms with Gasteiger partial charge in [-0.2, -0.15) is 0 Å². The molecule has 0 saturated heterocycles. The number of rotatable bonds is 0. The van der Waals surface area contributed by atoms with E-state index in [-0.39, 0.29) is 1240 Å². The Bertz CT molecular complexity index is 0. The molecular weight excluding hydrogens is 3410 g/mol. The van der Waals surface area contributed by atoms with Gasteiger partial charge >= 0.3 is 0 Å². The molecule has 0 nitrogen and oxygen atoms in total. The van der Waals surface area contributed by atoms with Gasteiger partial charge in [0.25, 0.3) is 0 Å². The van der Waals surface area contributed by atoms with E-state index in [4.69, 9.17) is 0 Å². The monoisotopic (exact) mass is 3410 g/mol. The van der Waals surface area contributed by atoms with E-state index in [0.29, 0.717) is 0 Å². The summed E-state index contributed by atoms with van der Waals surface area (Å²) in [6.45, 7) is 0. The van der Waals surface area contributed by atoms with Crippen LogP contribution in [-0.4, -0.2) is 0 Å². The molecule has 0 aliphatic heterocycles. The van der Waals surface area contributed by atoms with Crippen LogP contribution in [-0.2, 0) is 1240 Å². The van der Waals surface area contributed by atoms with Crippen LogP contribution in [0.25, 0.3) is 0 Å². The van der Waals surface area contributed by atoms with Crippen molar-refractivity contribution >= 4 is 0 Å². The van der Waals surface area contributed by atoms with Crippen LogP contribution < -0.4 is 0 Å². The molecule has 0 bridgehead atoms. The molecule has 0 aliphatic carbocycles. The molecule has 0 aromatic rings. The molecule has 0 amide bonds. The second kappa shape index (κ2) is 744. The van der Waals surface area contributed by atoms with Gasteiger partial charge in [0, 0.05) is 1240 Å². The average molecular weight is 3410 g/mol. The number of hydrogen-bond donors (Lipinski definition) is 0. The molecule has 0 spiro atoms. The summed E-state index contributed by atoms with van der Waals surface area (Å²) in [5, 5.41) is 0. The smallest absolute Gasteiger partial charge is 0 e. The van der Waals surface area contributed by atoms with Crippen LogP contribution in [0, 0.1) is 0 Å².